The molecule has 9 nitrogen and oxygen atoms in total. The minimum Gasteiger partial charge on any atom is -0.465 e. The molecule has 1 aliphatic heterocycles. The van der Waals surface area contributed by atoms with Crippen LogP contribution in [0.2, 0.25) is 18.1 Å². The number of carbonyl (C=O) groups excluding carboxylic acids is 2. The molecule has 292 valence electrons. The number of hydrogen-bond acceptors (Lipinski definition) is 9. The fraction of sp³-hybridized carbons (Fsp3) is 0.850. The molecule has 1 rings (SSSR count). The number of likely N-dealkylation sites (tertiary alicyclic amines) is 1. The van der Waals surface area contributed by atoms with Gasteiger partial charge in [-0.05, 0) is 95.3 Å². The Kier molecular flexibility index (Phi) is 25.8. The molecule has 1 saturated heterocycles. The minimum absolute atomic E-state index is 0.132. The number of esters is 1. The maximum Gasteiger partial charge on any atom is 0.508 e. The first-order valence-electron chi connectivity index (χ1n) is 19.7. The van der Waals surface area contributed by atoms with Crippen molar-refractivity contribution in [3.05, 3.63) is 24.3 Å². The lowest BCUT2D eigenvalue weighted by Crippen LogP contribution is -2.42. The van der Waals surface area contributed by atoms with Gasteiger partial charge in [0.1, 0.15) is 6.61 Å². The Morgan fingerprint density at radius 2 is 1.46 bits per heavy atom. The highest BCUT2D eigenvalue weighted by atomic mass is 28.4. The van der Waals surface area contributed by atoms with Crippen LogP contribution in [0.25, 0.3) is 0 Å². The van der Waals surface area contributed by atoms with Gasteiger partial charge in [0.15, 0.2) is 14.6 Å². The van der Waals surface area contributed by atoms with Crippen LogP contribution in [0.4, 0.5) is 4.79 Å². The van der Waals surface area contributed by atoms with Gasteiger partial charge in [-0.15, -0.1) is 0 Å². The average Bonchev–Trinajstić information content (AvgIpc) is 3.08. The van der Waals surface area contributed by atoms with Crippen molar-refractivity contribution in [1.82, 2.24) is 4.90 Å². The monoisotopic (exact) mass is 726 g/mol. The summed E-state index contributed by atoms with van der Waals surface area (Å²) in [4.78, 5) is 27.3. The van der Waals surface area contributed by atoms with Crippen molar-refractivity contribution in [3.8, 4) is 0 Å². The van der Waals surface area contributed by atoms with Crippen molar-refractivity contribution in [2.75, 3.05) is 59.3 Å². The van der Waals surface area contributed by atoms with Crippen molar-refractivity contribution in [3.63, 3.8) is 0 Å². The van der Waals surface area contributed by atoms with E-state index in [1.165, 1.54) is 0 Å². The van der Waals surface area contributed by atoms with Gasteiger partial charge in [-0.2, -0.15) is 0 Å². The Morgan fingerprint density at radius 3 is 2.06 bits per heavy atom. The van der Waals surface area contributed by atoms with E-state index in [0.717, 1.165) is 96.9 Å². The van der Waals surface area contributed by atoms with Gasteiger partial charge in [0, 0.05) is 51.2 Å². The largest absolute Gasteiger partial charge is 0.508 e. The van der Waals surface area contributed by atoms with Crippen LogP contribution in [-0.2, 0) is 32.9 Å². The van der Waals surface area contributed by atoms with Crippen LogP contribution in [0.3, 0.4) is 0 Å². The summed E-state index contributed by atoms with van der Waals surface area (Å²) in [5.41, 5.74) is 0. The Hall–Kier alpha value is -1.72. The lowest BCUT2D eigenvalue weighted by Gasteiger charge is -2.37. The molecule has 0 saturated carbocycles. The smallest absolute Gasteiger partial charge is 0.465 e. The van der Waals surface area contributed by atoms with Gasteiger partial charge in [-0.1, -0.05) is 65.8 Å². The molecule has 1 fully saturated rings. The third-order valence-electron chi connectivity index (χ3n) is 9.47. The molecule has 1 aliphatic rings. The molecule has 0 aromatic carbocycles. The molecule has 0 spiro atoms. The predicted octanol–water partition coefficient (Wildman–Crippen LogP) is 9.86. The molecule has 0 amide bonds. The molecule has 0 aliphatic carbocycles. The van der Waals surface area contributed by atoms with Gasteiger partial charge >= 0.3 is 12.1 Å². The third kappa shape index (κ3) is 23.7. The summed E-state index contributed by atoms with van der Waals surface area (Å²) in [6, 6.07) is 0. The first-order valence-corrected chi connectivity index (χ1v) is 22.6. The van der Waals surface area contributed by atoms with Gasteiger partial charge in [0.2, 0.25) is 0 Å². The highest BCUT2D eigenvalue weighted by Gasteiger charge is 2.37. The molecule has 0 radical (unpaired) electrons. The van der Waals surface area contributed by atoms with E-state index in [2.05, 4.69) is 76.9 Å². The number of piperidine rings is 1. The van der Waals surface area contributed by atoms with E-state index >= 15 is 0 Å². The maximum atomic E-state index is 12.5. The van der Waals surface area contributed by atoms with Gasteiger partial charge in [-0.25, -0.2) is 4.79 Å². The molecule has 1 heterocycles. The van der Waals surface area contributed by atoms with Crippen LogP contribution in [0, 0.1) is 11.8 Å². The zero-order valence-corrected chi connectivity index (χ0v) is 34.3. The third-order valence-corrected chi connectivity index (χ3v) is 14.0. The fourth-order valence-electron chi connectivity index (χ4n) is 5.29. The quantitative estimate of drug-likeness (QED) is 0.0257. The minimum atomic E-state index is -1.71. The van der Waals surface area contributed by atoms with Gasteiger partial charge in [0.05, 0.1) is 19.6 Å². The molecule has 0 bridgehead atoms. The summed E-state index contributed by atoms with van der Waals surface area (Å²) in [5.74, 6) is -0.143. The van der Waals surface area contributed by atoms with Crippen molar-refractivity contribution in [1.29, 1.82) is 0 Å². The van der Waals surface area contributed by atoms with E-state index in [-0.39, 0.29) is 36.6 Å². The van der Waals surface area contributed by atoms with E-state index in [1.54, 1.807) is 0 Å². The average molecular weight is 726 g/mol. The number of nitrogens with zero attached hydrogens (tertiary/aromatic N) is 1. The van der Waals surface area contributed by atoms with Crippen LogP contribution < -0.4 is 0 Å². The first kappa shape index (κ1) is 46.3. The van der Waals surface area contributed by atoms with Crippen molar-refractivity contribution >= 4 is 20.4 Å². The predicted molar refractivity (Wildman–Crippen MR) is 206 cm³/mol. The highest BCUT2D eigenvalue weighted by molar-refractivity contribution is 6.74. The normalized spacial score (nSPS) is 16.8. The highest BCUT2D eigenvalue weighted by Crippen LogP contribution is 2.36. The topological polar surface area (TPSA) is 92.8 Å². The molecule has 10 heteroatoms. The van der Waals surface area contributed by atoms with E-state index < -0.39 is 20.8 Å². The number of rotatable bonds is 28. The van der Waals surface area contributed by atoms with Crippen molar-refractivity contribution < 1.29 is 37.7 Å². The summed E-state index contributed by atoms with van der Waals surface area (Å²) in [5, 5.41) is 0.225. The summed E-state index contributed by atoms with van der Waals surface area (Å²) in [6.45, 7) is 23.2. The zero-order chi connectivity index (χ0) is 37.1. The van der Waals surface area contributed by atoms with Crippen molar-refractivity contribution in [2.24, 2.45) is 11.8 Å². The number of ether oxygens (including phenoxy) is 5. The molecular weight excluding hydrogens is 651 g/mol. The Balaban J connectivity index is 2.28. The second-order valence-electron chi connectivity index (χ2n) is 15.4. The summed E-state index contributed by atoms with van der Waals surface area (Å²) >= 11 is 0. The maximum absolute atomic E-state index is 12.5. The van der Waals surface area contributed by atoms with Crippen LogP contribution in [-0.4, -0.2) is 90.9 Å². The summed E-state index contributed by atoms with van der Waals surface area (Å²) < 4.78 is 34.6. The van der Waals surface area contributed by atoms with Gasteiger partial charge in [0.25, 0.3) is 0 Å². The molecule has 0 aromatic rings. The lowest BCUT2D eigenvalue weighted by molar-refractivity contribution is -0.160. The number of allylic oxidation sites excluding steroid dienone is 4. The Bertz CT molecular complexity index is 911. The Morgan fingerprint density at radius 1 is 0.840 bits per heavy atom. The number of hydrogen-bond donors (Lipinski definition) is 0. The van der Waals surface area contributed by atoms with Crippen molar-refractivity contribution in [2.45, 2.75) is 149 Å². The lowest BCUT2D eigenvalue weighted by atomic mass is 9.99. The Labute approximate surface area is 307 Å². The van der Waals surface area contributed by atoms with Crippen LogP contribution in [0.5, 0.6) is 0 Å². The summed E-state index contributed by atoms with van der Waals surface area (Å²) in [7, 11) is -1.71. The molecule has 0 N–H and O–H groups in total. The number of unbranched alkanes of at least 4 members (excludes halogenated alkanes) is 4. The number of carbonyl (C=O) groups is 2. The fourth-order valence-corrected chi connectivity index (χ4v) is 6.38. The first-order chi connectivity index (χ1) is 23.9. The second kappa shape index (κ2) is 27.9. The van der Waals surface area contributed by atoms with Crippen LogP contribution in [0.15, 0.2) is 24.3 Å². The molecule has 2 atom stereocenters. The van der Waals surface area contributed by atoms with E-state index in [4.69, 9.17) is 28.1 Å². The van der Waals surface area contributed by atoms with E-state index in [9.17, 15) is 9.59 Å². The van der Waals surface area contributed by atoms with E-state index in [0.29, 0.717) is 32.2 Å². The van der Waals surface area contributed by atoms with Gasteiger partial charge in [-0.3, -0.25) is 4.79 Å². The SMILES string of the molecule is CC/C=C\CCCCOC(CCC(=O)OCC(C)COC(=O)OCC1CCCN(CCCO[Si](C)(C)C(C)(C)C)C1)OCCCC/C=C\CC. The zero-order valence-electron chi connectivity index (χ0n) is 33.3. The van der Waals surface area contributed by atoms with Crippen LogP contribution >= 0.6 is 0 Å². The summed E-state index contributed by atoms with van der Waals surface area (Å²) in [6.07, 6.45) is 19.8. The standard InChI is InChI=1S/C40H75NO8Si/c1-9-11-13-15-17-19-28-44-38(45-29-20-18-16-14-12-10-2)25-24-37(42)46-32-35(3)33-47-39(43)48-34-36-23-21-26-41(31-36)27-22-30-49-50(7,8)40(4,5)6/h11-14,35-36,38H,9-10,15-34H2,1-8H3/b13-11-,14-12-. The molecule has 2 unspecified atom stereocenters. The van der Waals surface area contributed by atoms with E-state index in [1.807, 2.05) is 6.92 Å². The molecular formula is C40H75NO8Si. The molecule has 0 aromatic heterocycles. The van der Waals surface area contributed by atoms with Gasteiger partial charge < -0.3 is 33.0 Å². The van der Waals surface area contributed by atoms with Crippen LogP contribution in [0.1, 0.15) is 125 Å². The molecule has 50 heavy (non-hydrogen) atoms. The second-order valence-corrected chi connectivity index (χ2v) is 20.2.